The molecule has 0 bridgehead atoms. The third-order valence-electron chi connectivity index (χ3n) is 0.824. The van der Waals surface area contributed by atoms with Gasteiger partial charge in [-0.3, -0.25) is 4.98 Å². The molecule has 0 aromatic carbocycles. The molecule has 3 N–H and O–H groups in total. The van der Waals surface area contributed by atoms with Gasteiger partial charge in [0.15, 0.2) is 0 Å². The number of nitrogens with zero attached hydrogens (tertiary/aromatic N) is 1. The Labute approximate surface area is 50.3 Å². The summed E-state index contributed by atoms with van der Waals surface area (Å²) >= 11 is 0. The van der Waals surface area contributed by atoms with Crippen molar-refractivity contribution in [2.24, 2.45) is 0 Å². The van der Waals surface area contributed by atoms with Crippen molar-refractivity contribution in [3.63, 3.8) is 0 Å². The van der Waals surface area contributed by atoms with E-state index < -0.39 is 5.69 Å². The zero-order valence-electron chi connectivity index (χ0n) is 4.50. The molecule has 0 aliphatic rings. The predicted molar refractivity (Wildman–Crippen MR) is 29.8 cm³/mol. The second-order valence-corrected chi connectivity index (χ2v) is 1.45. The van der Waals surface area contributed by atoms with Gasteiger partial charge in [-0.25, -0.2) is 9.78 Å². The Hall–Kier alpha value is -1.20. The van der Waals surface area contributed by atoms with Crippen LogP contribution in [0, 0.1) is 5.21 Å². The van der Waals surface area contributed by atoms with Crippen LogP contribution in [0.1, 0.15) is 0 Å². The molecule has 1 aromatic rings. The lowest BCUT2D eigenvalue weighted by atomic mass is 10.6. The lowest BCUT2D eigenvalue weighted by molar-refractivity contribution is -0.501. The SMILES string of the molecule is O=c1nccc([NH2+][O-])[nH]1. The molecule has 0 saturated heterocycles. The van der Waals surface area contributed by atoms with Crippen molar-refractivity contribution in [2.75, 3.05) is 0 Å². The number of aromatic amines is 1. The van der Waals surface area contributed by atoms with E-state index in [4.69, 9.17) is 0 Å². The van der Waals surface area contributed by atoms with Crippen molar-refractivity contribution in [3.05, 3.63) is 28.0 Å². The maximum atomic E-state index is 10.3. The summed E-state index contributed by atoms with van der Waals surface area (Å²) in [5, 5.41) is 9.96. The molecular weight excluding hydrogens is 122 g/mol. The van der Waals surface area contributed by atoms with Gasteiger partial charge in [0.05, 0.1) is 0 Å². The summed E-state index contributed by atoms with van der Waals surface area (Å²) < 4.78 is 0. The van der Waals surface area contributed by atoms with Crippen molar-refractivity contribution in [1.82, 2.24) is 9.97 Å². The van der Waals surface area contributed by atoms with Crippen LogP contribution in [-0.4, -0.2) is 9.97 Å². The van der Waals surface area contributed by atoms with Gasteiger partial charge in [-0.05, 0) is 0 Å². The summed E-state index contributed by atoms with van der Waals surface area (Å²) in [6.45, 7) is 0. The van der Waals surface area contributed by atoms with E-state index in [9.17, 15) is 10.0 Å². The van der Waals surface area contributed by atoms with E-state index in [1.165, 1.54) is 12.3 Å². The summed E-state index contributed by atoms with van der Waals surface area (Å²) in [6.07, 6.45) is 1.28. The topological polar surface area (TPSA) is 85.4 Å². The standard InChI is InChI=1S/C4H5N3O2/c8-4-5-2-1-3(6-4)7-9/h1-2H,7H2,(H,5,6,8). The highest BCUT2D eigenvalue weighted by molar-refractivity contribution is 5.11. The smallest absolute Gasteiger partial charge is 0.349 e. The minimum Gasteiger partial charge on any atom is -0.629 e. The summed E-state index contributed by atoms with van der Waals surface area (Å²) in [7, 11) is 0. The molecule has 0 fully saturated rings. The second-order valence-electron chi connectivity index (χ2n) is 1.45. The molecule has 9 heavy (non-hydrogen) atoms. The van der Waals surface area contributed by atoms with E-state index in [1.807, 2.05) is 0 Å². The van der Waals surface area contributed by atoms with Gasteiger partial charge in [-0.15, -0.1) is 0 Å². The number of rotatable bonds is 1. The van der Waals surface area contributed by atoms with E-state index in [2.05, 4.69) is 9.97 Å². The van der Waals surface area contributed by atoms with Crippen LogP contribution in [0.15, 0.2) is 17.1 Å². The first-order valence-corrected chi connectivity index (χ1v) is 2.33. The van der Waals surface area contributed by atoms with Crippen molar-refractivity contribution >= 4 is 5.82 Å². The highest BCUT2D eigenvalue weighted by atomic mass is 16.5. The third-order valence-corrected chi connectivity index (χ3v) is 0.824. The van der Waals surface area contributed by atoms with Gasteiger partial charge in [0.1, 0.15) is 0 Å². The lowest BCUT2D eigenvalue weighted by Gasteiger charge is -1.96. The Kier molecular flexibility index (Phi) is 1.57. The molecular formula is C4H5N3O2. The van der Waals surface area contributed by atoms with Crippen LogP contribution < -0.4 is 11.2 Å². The summed E-state index contributed by atoms with van der Waals surface area (Å²) in [4.78, 5) is 15.9. The van der Waals surface area contributed by atoms with Crippen LogP contribution in [-0.2, 0) is 0 Å². The molecule has 0 saturated carbocycles. The molecule has 0 spiro atoms. The number of hydrogen-bond donors (Lipinski definition) is 2. The number of nitrogens with two attached hydrogens (primary N) is 1. The van der Waals surface area contributed by atoms with Gasteiger partial charge in [0.2, 0.25) is 5.82 Å². The minimum atomic E-state index is -0.500. The van der Waals surface area contributed by atoms with E-state index in [0.29, 0.717) is 5.48 Å². The minimum absolute atomic E-state index is 0.245. The fraction of sp³-hybridized carbons (Fsp3) is 0. The Morgan fingerprint density at radius 1 is 1.78 bits per heavy atom. The number of H-pyrrole nitrogens is 1. The molecule has 1 rings (SSSR count). The molecule has 48 valence electrons. The van der Waals surface area contributed by atoms with Crippen LogP contribution in [0.4, 0.5) is 5.82 Å². The van der Waals surface area contributed by atoms with E-state index >= 15 is 0 Å². The number of nitrogens with one attached hydrogen (secondary N) is 1. The Balaban J connectivity index is 3.08. The molecule has 0 aliphatic carbocycles. The highest BCUT2D eigenvalue weighted by Crippen LogP contribution is 1.81. The van der Waals surface area contributed by atoms with Crippen LogP contribution in [0.3, 0.4) is 0 Å². The second kappa shape index (κ2) is 2.38. The fourth-order valence-electron chi connectivity index (χ4n) is 0.451. The molecule has 5 nitrogen and oxygen atoms in total. The van der Waals surface area contributed by atoms with Gasteiger partial charge in [0.25, 0.3) is 0 Å². The van der Waals surface area contributed by atoms with Crippen molar-refractivity contribution < 1.29 is 5.48 Å². The van der Waals surface area contributed by atoms with Crippen molar-refractivity contribution in [3.8, 4) is 0 Å². The third kappa shape index (κ3) is 1.34. The van der Waals surface area contributed by atoms with Crippen LogP contribution in [0.25, 0.3) is 0 Å². The predicted octanol–water partition coefficient (Wildman–Crippen LogP) is -1.54. The Bertz CT molecular complexity index is 244. The number of hydrogen-bond acceptors (Lipinski definition) is 3. The fourth-order valence-corrected chi connectivity index (χ4v) is 0.451. The summed E-state index contributed by atoms with van der Waals surface area (Å²) in [5.41, 5.74) is 0.0582. The molecule has 1 aromatic heterocycles. The van der Waals surface area contributed by atoms with Crippen LogP contribution in [0.5, 0.6) is 0 Å². The Morgan fingerprint density at radius 3 is 3.00 bits per heavy atom. The first-order valence-electron chi connectivity index (χ1n) is 2.33. The average molecular weight is 127 g/mol. The summed E-state index contributed by atoms with van der Waals surface area (Å²) in [6, 6.07) is 1.42. The molecule has 0 radical (unpaired) electrons. The molecule has 0 unspecified atom stereocenters. The Morgan fingerprint density at radius 2 is 2.56 bits per heavy atom. The van der Waals surface area contributed by atoms with Crippen molar-refractivity contribution in [2.45, 2.75) is 0 Å². The van der Waals surface area contributed by atoms with E-state index in [-0.39, 0.29) is 5.82 Å². The van der Waals surface area contributed by atoms with Gasteiger partial charge in [-0.1, -0.05) is 0 Å². The zero-order chi connectivity index (χ0) is 6.69. The largest absolute Gasteiger partial charge is 0.629 e. The van der Waals surface area contributed by atoms with Crippen molar-refractivity contribution in [1.29, 1.82) is 0 Å². The first kappa shape index (κ1) is 5.93. The molecule has 5 heteroatoms. The van der Waals surface area contributed by atoms with Gasteiger partial charge in [-0.2, -0.15) is 0 Å². The quantitative estimate of drug-likeness (QED) is 0.448. The lowest BCUT2D eigenvalue weighted by Crippen LogP contribution is -2.71. The molecule has 1 heterocycles. The van der Waals surface area contributed by atoms with Gasteiger partial charge < -0.3 is 10.7 Å². The maximum absolute atomic E-state index is 10.3. The van der Waals surface area contributed by atoms with Crippen LogP contribution in [0.2, 0.25) is 0 Å². The summed E-state index contributed by atoms with van der Waals surface area (Å²) in [5.74, 6) is 0.245. The van der Waals surface area contributed by atoms with E-state index in [1.54, 1.807) is 0 Å². The first-order chi connectivity index (χ1) is 4.33. The monoisotopic (exact) mass is 127 g/mol. The molecule has 0 atom stereocenters. The van der Waals surface area contributed by atoms with E-state index in [0.717, 1.165) is 0 Å². The molecule has 0 amide bonds. The van der Waals surface area contributed by atoms with Crippen LogP contribution >= 0.6 is 0 Å². The maximum Gasteiger partial charge on any atom is 0.349 e. The number of quaternary nitrogens is 1. The van der Waals surface area contributed by atoms with Gasteiger partial charge in [0, 0.05) is 12.3 Å². The average Bonchev–Trinajstić information content (AvgIpc) is 1.88. The normalized spacial score (nSPS) is 9.44. The highest BCUT2D eigenvalue weighted by Gasteiger charge is 1.87. The van der Waals surface area contributed by atoms with Gasteiger partial charge >= 0.3 is 5.69 Å². The molecule has 0 aliphatic heterocycles. The number of aromatic nitrogens is 2. The zero-order valence-corrected chi connectivity index (χ0v) is 4.50.